The third kappa shape index (κ3) is 5.72. The Morgan fingerprint density at radius 1 is 1.26 bits per heavy atom. The van der Waals surface area contributed by atoms with Crippen molar-refractivity contribution >= 4 is 33.2 Å². The number of hydrogen-bond acceptors (Lipinski definition) is 7. The van der Waals surface area contributed by atoms with Crippen molar-refractivity contribution in [2.24, 2.45) is 7.05 Å². The number of nitrogens with zero attached hydrogens (tertiary/aromatic N) is 3. The van der Waals surface area contributed by atoms with Gasteiger partial charge in [0.25, 0.3) is 0 Å². The molecule has 11 heteroatoms. The Hall–Kier alpha value is -3.21. The van der Waals surface area contributed by atoms with Crippen molar-refractivity contribution in [3.63, 3.8) is 0 Å². The summed E-state index contributed by atoms with van der Waals surface area (Å²) < 4.78 is 33.3. The van der Waals surface area contributed by atoms with Gasteiger partial charge in [0.05, 0.1) is 27.8 Å². The molecule has 0 bridgehead atoms. The van der Waals surface area contributed by atoms with Gasteiger partial charge in [-0.1, -0.05) is 23.8 Å². The summed E-state index contributed by atoms with van der Waals surface area (Å²) in [5, 5.41) is 14.3. The Balaban J connectivity index is 2.07. The van der Waals surface area contributed by atoms with Crippen LogP contribution in [0.4, 0.5) is 0 Å². The molecule has 2 aromatic heterocycles. The Morgan fingerprint density at radius 3 is 2.54 bits per heavy atom. The number of halogens is 1. The second-order valence-corrected chi connectivity index (χ2v) is 10.3. The highest BCUT2D eigenvalue weighted by Gasteiger charge is 2.28. The highest BCUT2D eigenvalue weighted by Crippen LogP contribution is 2.33. The molecule has 0 aliphatic heterocycles. The number of benzene rings is 1. The normalized spacial score (nSPS) is 12.7. The number of sulfone groups is 1. The number of ether oxygens (including phenoxy) is 1. The zero-order chi connectivity index (χ0) is 25.9. The van der Waals surface area contributed by atoms with Gasteiger partial charge in [0.1, 0.15) is 5.56 Å². The quantitative estimate of drug-likeness (QED) is 0.262. The van der Waals surface area contributed by atoms with E-state index in [1.807, 2.05) is 0 Å². The van der Waals surface area contributed by atoms with E-state index in [1.165, 1.54) is 29.1 Å². The predicted octanol–water partition coefficient (Wildman–Crippen LogP) is 3.23. The lowest BCUT2D eigenvalue weighted by Gasteiger charge is -2.15. The molecule has 0 saturated carbocycles. The van der Waals surface area contributed by atoms with E-state index in [0.717, 1.165) is 6.26 Å². The lowest BCUT2D eigenvalue weighted by Crippen LogP contribution is -2.16. The summed E-state index contributed by atoms with van der Waals surface area (Å²) in [4.78, 5) is 26.1. The van der Waals surface area contributed by atoms with Crippen LogP contribution in [-0.2, 0) is 29.9 Å². The molecule has 3 rings (SSSR count). The SMILES string of the molecule is CC=CC(O)Cc1c(S(C)(=O)=O)ccc(C(=O)c2cnn(CC)c2OC(=O)c2ccn(C)c2)c1Cl. The van der Waals surface area contributed by atoms with E-state index in [1.54, 1.807) is 50.0 Å². The molecule has 35 heavy (non-hydrogen) atoms. The van der Waals surface area contributed by atoms with Crippen LogP contribution in [0.25, 0.3) is 0 Å². The van der Waals surface area contributed by atoms with Gasteiger partial charge in [-0.05, 0) is 37.6 Å². The smallest absolute Gasteiger partial charge is 0.346 e. The fraction of sp³-hybridized carbons (Fsp3) is 0.292. The Bertz CT molecular complexity index is 1400. The van der Waals surface area contributed by atoms with Crippen LogP contribution in [0.3, 0.4) is 0 Å². The number of hydrogen-bond donors (Lipinski definition) is 1. The average molecular weight is 520 g/mol. The number of esters is 1. The number of aliphatic hydroxyl groups is 1. The summed E-state index contributed by atoms with van der Waals surface area (Å²) in [6, 6.07) is 4.17. The average Bonchev–Trinajstić information content (AvgIpc) is 3.40. The monoisotopic (exact) mass is 519 g/mol. The highest BCUT2D eigenvalue weighted by atomic mass is 35.5. The van der Waals surface area contributed by atoms with Crippen molar-refractivity contribution in [2.75, 3.05) is 6.26 Å². The molecule has 9 nitrogen and oxygen atoms in total. The van der Waals surface area contributed by atoms with Crippen LogP contribution in [0.5, 0.6) is 5.88 Å². The summed E-state index contributed by atoms with van der Waals surface area (Å²) in [6.45, 7) is 3.81. The van der Waals surface area contributed by atoms with Gasteiger partial charge < -0.3 is 14.4 Å². The standard InChI is InChI=1S/C24H26ClN3O6S/c1-5-7-16(29)12-18-20(35(4,32)33)9-8-17(21(18)25)22(30)19-13-26-28(6-2)23(19)34-24(31)15-10-11-27(3)14-15/h5,7-11,13-14,16,29H,6,12H2,1-4H3. The van der Waals surface area contributed by atoms with Crippen molar-refractivity contribution in [1.82, 2.24) is 14.3 Å². The molecule has 0 aliphatic rings. The minimum absolute atomic E-state index is 0.00518. The van der Waals surface area contributed by atoms with E-state index in [-0.39, 0.29) is 38.9 Å². The van der Waals surface area contributed by atoms with E-state index < -0.39 is 27.7 Å². The largest absolute Gasteiger partial charge is 0.403 e. The fourth-order valence-electron chi connectivity index (χ4n) is 3.59. The Morgan fingerprint density at radius 2 is 1.97 bits per heavy atom. The maximum Gasteiger partial charge on any atom is 0.346 e. The molecule has 0 spiro atoms. The van der Waals surface area contributed by atoms with Crippen LogP contribution >= 0.6 is 11.6 Å². The van der Waals surface area contributed by atoms with Gasteiger partial charge >= 0.3 is 5.97 Å². The molecule has 0 amide bonds. The van der Waals surface area contributed by atoms with Gasteiger partial charge in [-0.3, -0.25) is 4.79 Å². The molecule has 3 aromatic rings. The fourth-order valence-corrected chi connectivity index (χ4v) is 4.93. The van der Waals surface area contributed by atoms with Gasteiger partial charge in [-0.25, -0.2) is 17.9 Å². The van der Waals surface area contributed by atoms with Gasteiger partial charge in [-0.15, -0.1) is 0 Å². The van der Waals surface area contributed by atoms with Crippen molar-refractivity contribution in [3.05, 3.63) is 76.2 Å². The van der Waals surface area contributed by atoms with Gasteiger partial charge in [-0.2, -0.15) is 5.10 Å². The number of aromatic nitrogens is 3. The van der Waals surface area contributed by atoms with E-state index >= 15 is 0 Å². The topological polar surface area (TPSA) is 120 Å². The number of aliphatic hydroxyl groups excluding tert-OH is 1. The van der Waals surface area contributed by atoms with Crippen molar-refractivity contribution in [1.29, 1.82) is 0 Å². The first-order valence-electron chi connectivity index (χ1n) is 10.7. The number of rotatable bonds is 9. The Labute approximate surface area is 208 Å². The Kier molecular flexibility index (Phi) is 7.99. The van der Waals surface area contributed by atoms with Gasteiger partial charge in [0.15, 0.2) is 9.84 Å². The van der Waals surface area contributed by atoms with E-state index in [9.17, 15) is 23.1 Å². The molecule has 1 atom stereocenters. The zero-order valence-electron chi connectivity index (χ0n) is 19.7. The predicted molar refractivity (Wildman–Crippen MR) is 131 cm³/mol. The first-order chi connectivity index (χ1) is 16.5. The molecule has 2 heterocycles. The first-order valence-corrected chi connectivity index (χ1v) is 13.0. The molecular weight excluding hydrogens is 494 g/mol. The molecule has 1 aromatic carbocycles. The molecule has 186 valence electrons. The number of allylic oxidation sites excluding steroid dienone is 1. The second-order valence-electron chi connectivity index (χ2n) is 7.94. The molecule has 0 fully saturated rings. The van der Waals surface area contributed by atoms with Crippen molar-refractivity contribution < 1.29 is 27.9 Å². The van der Waals surface area contributed by atoms with E-state index in [2.05, 4.69) is 5.10 Å². The molecular formula is C24H26ClN3O6S. The second kappa shape index (κ2) is 10.6. The van der Waals surface area contributed by atoms with Crippen LogP contribution in [-0.4, -0.2) is 52.0 Å². The number of carbonyl (C=O) groups excluding carboxylic acids is 2. The van der Waals surface area contributed by atoms with Crippen LogP contribution in [0, 0.1) is 0 Å². The summed E-state index contributed by atoms with van der Waals surface area (Å²) in [5.41, 5.74) is 0.404. The highest BCUT2D eigenvalue weighted by molar-refractivity contribution is 7.90. The molecule has 0 saturated heterocycles. The van der Waals surface area contributed by atoms with Crippen LogP contribution in [0.2, 0.25) is 5.02 Å². The third-order valence-electron chi connectivity index (χ3n) is 5.26. The molecule has 1 unspecified atom stereocenters. The number of aryl methyl sites for hydroxylation is 2. The maximum absolute atomic E-state index is 13.5. The third-order valence-corrected chi connectivity index (χ3v) is 6.88. The molecule has 1 N–H and O–H groups in total. The zero-order valence-corrected chi connectivity index (χ0v) is 21.3. The van der Waals surface area contributed by atoms with E-state index in [4.69, 9.17) is 16.3 Å². The van der Waals surface area contributed by atoms with Crippen LogP contribution in [0.1, 0.15) is 45.7 Å². The summed E-state index contributed by atoms with van der Waals surface area (Å²) in [5.74, 6) is -1.32. The molecule has 0 radical (unpaired) electrons. The van der Waals surface area contributed by atoms with Crippen molar-refractivity contribution in [2.45, 2.75) is 37.8 Å². The minimum Gasteiger partial charge on any atom is -0.403 e. The first kappa shape index (κ1) is 26.4. The van der Waals surface area contributed by atoms with Gasteiger partial charge in [0, 0.05) is 44.2 Å². The van der Waals surface area contributed by atoms with Crippen molar-refractivity contribution in [3.8, 4) is 5.88 Å². The number of ketones is 1. The lowest BCUT2D eigenvalue weighted by atomic mass is 9.99. The van der Waals surface area contributed by atoms with Crippen LogP contribution in [0.15, 0.2) is 53.8 Å². The maximum atomic E-state index is 13.5. The van der Waals surface area contributed by atoms with E-state index in [0.29, 0.717) is 12.1 Å². The minimum atomic E-state index is -3.69. The van der Waals surface area contributed by atoms with Gasteiger partial charge in [0.2, 0.25) is 11.7 Å². The summed E-state index contributed by atoms with van der Waals surface area (Å²) >= 11 is 6.55. The molecule has 0 aliphatic carbocycles. The lowest BCUT2D eigenvalue weighted by molar-refractivity contribution is 0.0716. The summed E-state index contributed by atoms with van der Waals surface area (Å²) in [6.07, 6.45) is 7.56. The summed E-state index contributed by atoms with van der Waals surface area (Å²) in [7, 11) is -1.94. The van der Waals surface area contributed by atoms with Crippen LogP contribution < -0.4 is 4.74 Å². The number of carbonyl (C=O) groups is 2.